The molecule has 1 aromatic heterocycles. The molecule has 0 spiro atoms. The molecule has 8 heteroatoms. The van der Waals surface area contributed by atoms with Gasteiger partial charge in [-0.05, 0) is 47.9 Å². The molecule has 4 aromatic rings. The van der Waals surface area contributed by atoms with Crippen molar-refractivity contribution in [1.82, 2.24) is 9.88 Å². The van der Waals surface area contributed by atoms with E-state index in [2.05, 4.69) is 10.1 Å². The van der Waals surface area contributed by atoms with Crippen LogP contribution < -0.4 is 10.1 Å². The van der Waals surface area contributed by atoms with Crippen molar-refractivity contribution in [2.24, 2.45) is 0 Å². The lowest BCUT2D eigenvalue weighted by atomic mass is 10.1. The number of nitrogens with one attached hydrogen (secondary N) is 1. The number of rotatable bonds is 7. The topological polar surface area (TPSA) is 43.3 Å². The summed E-state index contributed by atoms with van der Waals surface area (Å²) < 4.78 is 43.2. The first-order chi connectivity index (χ1) is 15.8. The third-order valence-corrected chi connectivity index (χ3v) is 5.38. The lowest BCUT2D eigenvalue weighted by Gasteiger charge is -2.10. The normalized spacial score (nSPS) is 11.5. The van der Waals surface area contributed by atoms with E-state index in [4.69, 9.17) is 11.6 Å². The van der Waals surface area contributed by atoms with Crippen LogP contribution in [0.2, 0.25) is 5.02 Å². The van der Waals surface area contributed by atoms with Crippen molar-refractivity contribution >= 4 is 28.4 Å². The maximum Gasteiger partial charge on any atom is 0.573 e. The number of nitrogens with zero attached hydrogens (tertiary/aromatic N) is 1. The largest absolute Gasteiger partial charge is 0.573 e. The van der Waals surface area contributed by atoms with Crippen LogP contribution in [0.5, 0.6) is 5.75 Å². The minimum atomic E-state index is -4.74. The molecule has 0 fully saturated rings. The number of amides is 1. The number of ether oxygens (including phenoxy) is 1. The molecule has 3 aromatic carbocycles. The number of hydrogen-bond donors (Lipinski definition) is 1. The molecule has 0 atom stereocenters. The van der Waals surface area contributed by atoms with Gasteiger partial charge in [0.05, 0.1) is 5.56 Å². The molecule has 1 N–H and O–H groups in total. The lowest BCUT2D eigenvalue weighted by molar-refractivity contribution is -0.274. The molecule has 170 valence electrons. The Morgan fingerprint density at radius 1 is 0.970 bits per heavy atom. The fraction of sp³-hybridized carbons (Fsp3) is 0.160. The van der Waals surface area contributed by atoms with Gasteiger partial charge in [-0.2, -0.15) is 0 Å². The molecule has 1 heterocycles. The highest BCUT2D eigenvalue weighted by molar-refractivity contribution is 6.30. The van der Waals surface area contributed by atoms with Crippen LogP contribution in [0.4, 0.5) is 13.2 Å². The van der Waals surface area contributed by atoms with Gasteiger partial charge in [0, 0.05) is 35.2 Å². The summed E-state index contributed by atoms with van der Waals surface area (Å²) in [5.74, 6) is -0.527. The van der Waals surface area contributed by atoms with E-state index < -0.39 is 6.36 Å². The number of aromatic nitrogens is 1. The van der Waals surface area contributed by atoms with Crippen molar-refractivity contribution in [3.63, 3.8) is 0 Å². The standard InChI is InChI=1S/C25H20ClF3N2O2/c26-19-10-8-18(9-11-19)15-31-16-22(21-6-1-2-7-23(21)31)24(32)30-13-12-17-4-3-5-20(14-17)33-25(27,28)29/h1-11,14,16H,12-13,15H2,(H,30,32). The SMILES string of the molecule is O=C(NCCc1cccc(OC(F)(F)F)c1)c1cn(Cc2ccc(Cl)cc2)c2ccccc12. The van der Waals surface area contributed by atoms with Gasteiger partial charge in [-0.1, -0.05) is 54.1 Å². The third kappa shape index (κ3) is 5.87. The summed E-state index contributed by atoms with van der Waals surface area (Å²) in [5, 5.41) is 4.34. The molecule has 0 aliphatic rings. The van der Waals surface area contributed by atoms with Gasteiger partial charge in [0.25, 0.3) is 5.91 Å². The van der Waals surface area contributed by atoms with Crippen LogP contribution in [0.25, 0.3) is 10.9 Å². The van der Waals surface area contributed by atoms with Crippen LogP contribution in [0.1, 0.15) is 21.5 Å². The number of carbonyl (C=O) groups is 1. The number of hydrogen-bond acceptors (Lipinski definition) is 2. The molecular weight excluding hydrogens is 453 g/mol. The van der Waals surface area contributed by atoms with Gasteiger partial charge in [-0.15, -0.1) is 13.2 Å². The van der Waals surface area contributed by atoms with Gasteiger partial charge in [-0.3, -0.25) is 4.79 Å². The van der Waals surface area contributed by atoms with Crippen LogP contribution in [-0.4, -0.2) is 23.4 Å². The summed E-state index contributed by atoms with van der Waals surface area (Å²) in [7, 11) is 0. The molecule has 0 saturated carbocycles. The zero-order valence-electron chi connectivity index (χ0n) is 17.4. The number of para-hydroxylation sites is 1. The van der Waals surface area contributed by atoms with E-state index in [1.54, 1.807) is 6.07 Å². The summed E-state index contributed by atoms with van der Waals surface area (Å²) in [6.07, 6.45) is -2.57. The number of benzene rings is 3. The van der Waals surface area contributed by atoms with Gasteiger partial charge in [0.15, 0.2) is 0 Å². The zero-order valence-corrected chi connectivity index (χ0v) is 18.2. The quantitative estimate of drug-likeness (QED) is 0.347. The molecule has 0 saturated heterocycles. The summed E-state index contributed by atoms with van der Waals surface area (Å²) in [6, 6.07) is 20.9. The monoisotopic (exact) mass is 472 g/mol. The molecule has 0 bridgehead atoms. The first-order valence-corrected chi connectivity index (χ1v) is 10.6. The summed E-state index contributed by atoms with van der Waals surface area (Å²) in [4.78, 5) is 12.9. The van der Waals surface area contributed by atoms with E-state index in [1.807, 2.05) is 59.3 Å². The Hall–Kier alpha value is -3.45. The van der Waals surface area contributed by atoms with Crippen LogP contribution in [-0.2, 0) is 13.0 Å². The van der Waals surface area contributed by atoms with Gasteiger partial charge in [0.1, 0.15) is 5.75 Å². The maximum atomic E-state index is 12.9. The number of carbonyl (C=O) groups excluding carboxylic acids is 1. The Balaban J connectivity index is 1.45. The minimum Gasteiger partial charge on any atom is -0.406 e. The van der Waals surface area contributed by atoms with Gasteiger partial charge in [0.2, 0.25) is 0 Å². The van der Waals surface area contributed by atoms with E-state index in [9.17, 15) is 18.0 Å². The number of fused-ring (bicyclic) bond motifs is 1. The molecule has 4 rings (SSSR count). The van der Waals surface area contributed by atoms with Crippen molar-refractivity contribution in [2.75, 3.05) is 6.54 Å². The Morgan fingerprint density at radius 2 is 1.73 bits per heavy atom. The van der Waals surface area contributed by atoms with Gasteiger partial charge in [-0.25, -0.2) is 0 Å². The second kappa shape index (κ2) is 9.58. The van der Waals surface area contributed by atoms with Crippen LogP contribution >= 0.6 is 11.6 Å². The fourth-order valence-corrected chi connectivity index (χ4v) is 3.78. The van der Waals surface area contributed by atoms with Crippen molar-refractivity contribution in [3.8, 4) is 5.75 Å². The second-order valence-electron chi connectivity index (χ2n) is 7.52. The molecule has 4 nitrogen and oxygen atoms in total. The van der Waals surface area contributed by atoms with E-state index in [0.29, 0.717) is 29.1 Å². The predicted molar refractivity (Wildman–Crippen MR) is 122 cm³/mol. The molecule has 0 radical (unpaired) electrons. The zero-order chi connectivity index (χ0) is 23.4. The average molecular weight is 473 g/mol. The Kier molecular flexibility index (Phi) is 6.60. The highest BCUT2D eigenvalue weighted by atomic mass is 35.5. The van der Waals surface area contributed by atoms with Crippen molar-refractivity contribution in [1.29, 1.82) is 0 Å². The molecule has 0 unspecified atom stereocenters. The average Bonchev–Trinajstić information content (AvgIpc) is 3.13. The van der Waals surface area contributed by atoms with Crippen molar-refractivity contribution in [3.05, 3.63) is 101 Å². The molecular formula is C25H20ClF3N2O2. The van der Waals surface area contributed by atoms with E-state index in [-0.39, 0.29) is 18.2 Å². The first-order valence-electron chi connectivity index (χ1n) is 10.2. The van der Waals surface area contributed by atoms with Gasteiger partial charge >= 0.3 is 6.36 Å². The van der Waals surface area contributed by atoms with Crippen LogP contribution in [0.15, 0.2) is 79.0 Å². The lowest BCUT2D eigenvalue weighted by Crippen LogP contribution is -2.25. The molecule has 0 aliphatic heterocycles. The van der Waals surface area contributed by atoms with Crippen LogP contribution in [0.3, 0.4) is 0 Å². The Morgan fingerprint density at radius 3 is 2.48 bits per heavy atom. The maximum absolute atomic E-state index is 12.9. The molecule has 0 aliphatic carbocycles. The number of alkyl halides is 3. The van der Waals surface area contributed by atoms with Gasteiger partial charge < -0.3 is 14.6 Å². The third-order valence-electron chi connectivity index (χ3n) is 5.13. The van der Waals surface area contributed by atoms with Crippen molar-refractivity contribution < 1.29 is 22.7 Å². The second-order valence-corrected chi connectivity index (χ2v) is 7.95. The molecule has 33 heavy (non-hydrogen) atoms. The van der Waals surface area contributed by atoms with E-state index >= 15 is 0 Å². The smallest absolute Gasteiger partial charge is 0.406 e. The number of halogens is 4. The summed E-state index contributed by atoms with van der Waals surface area (Å²) >= 11 is 5.97. The first kappa shape index (κ1) is 22.7. The Labute approximate surface area is 193 Å². The summed E-state index contributed by atoms with van der Waals surface area (Å²) in [5.41, 5.74) is 3.14. The fourth-order valence-electron chi connectivity index (χ4n) is 3.66. The predicted octanol–water partition coefficient (Wildman–Crippen LogP) is 6.21. The molecule has 1 amide bonds. The van der Waals surface area contributed by atoms with E-state index in [1.165, 1.54) is 18.2 Å². The summed E-state index contributed by atoms with van der Waals surface area (Å²) in [6.45, 7) is 0.849. The van der Waals surface area contributed by atoms with Crippen LogP contribution in [0, 0.1) is 0 Å². The highest BCUT2D eigenvalue weighted by Gasteiger charge is 2.31. The Bertz CT molecular complexity index is 1270. The van der Waals surface area contributed by atoms with E-state index in [0.717, 1.165) is 16.5 Å². The van der Waals surface area contributed by atoms with Crippen molar-refractivity contribution in [2.45, 2.75) is 19.3 Å². The minimum absolute atomic E-state index is 0.247. The highest BCUT2D eigenvalue weighted by Crippen LogP contribution is 2.24.